The zero-order valence-corrected chi connectivity index (χ0v) is 12.9. The lowest BCUT2D eigenvalue weighted by molar-refractivity contribution is 0.0635. The lowest BCUT2D eigenvalue weighted by Gasteiger charge is -2.19. The molecule has 1 amide bonds. The SMILES string of the molecule is CC(C)(C)OC(=O)Nc1cccc(C(=O)c2ccccc2)c1. The molecular formula is C18H19NO3. The number of benzene rings is 2. The molecule has 2 aromatic carbocycles. The Morgan fingerprint density at radius 2 is 1.55 bits per heavy atom. The lowest BCUT2D eigenvalue weighted by atomic mass is 10.0. The molecule has 0 heterocycles. The monoisotopic (exact) mass is 297 g/mol. The Bertz CT molecular complexity index is 672. The zero-order valence-electron chi connectivity index (χ0n) is 12.9. The number of hydrogen-bond acceptors (Lipinski definition) is 3. The van der Waals surface area contributed by atoms with Crippen LogP contribution in [0.15, 0.2) is 54.6 Å². The number of amides is 1. The number of nitrogens with one attached hydrogen (secondary N) is 1. The molecule has 4 nitrogen and oxygen atoms in total. The number of ketones is 1. The fourth-order valence-corrected chi connectivity index (χ4v) is 1.92. The summed E-state index contributed by atoms with van der Waals surface area (Å²) in [5.41, 5.74) is 1.08. The van der Waals surface area contributed by atoms with Crippen LogP contribution in [0.1, 0.15) is 36.7 Å². The summed E-state index contributed by atoms with van der Waals surface area (Å²) in [6.45, 7) is 5.38. The second-order valence-electron chi connectivity index (χ2n) is 5.90. The lowest BCUT2D eigenvalue weighted by Crippen LogP contribution is -2.27. The van der Waals surface area contributed by atoms with Gasteiger partial charge in [-0.2, -0.15) is 0 Å². The van der Waals surface area contributed by atoms with Crippen LogP contribution in [0.4, 0.5) is 10.5 Å². The van der Waals surface area contributed by atoms with Crippen molar-refractivity contribution >= 4 is 17.6 Å². The van der Waals surface area contributed by atoms with Crippen LogP contribution in [0.3, 0.4) is 0 Å². The van der Waals surface area contributed by atoms with Crippen LogP contribution >= 0.6 is 0 Å². The summed E-state index contributed by atoms with van der Waals surface area (Å²) in [5.74, 6) is -0.0894. The molecule has 0 radical (unpaired) electrons. The van der Waals surface area contributed by atoms with Crippen molar-refractivity contribution in [1.29, 1.82) is 0 Å². The van der Waals surface area contributed by atoms with Gasteiger partial charge in [-0.15, -0.1) is 0 Å². The normalized spacial score (nSPS) is 10.9. The molecule has 0 fully saturated rings. The number of hydrogen-bond donors (Lipinski definition) is 1. The van der Waals surface area contributed by atoms with Gasteiger partial charge in [0.1, 0.15) is 5.60 Å². The van der Waals surface area contributed by atoms with E-state index in [-0.39, 0.29) is 5.78 Å². The van der Waals surface area contributed by atoms with Gasteiger partial charge in [0.15, 0.2) is 5.78 Å². The minimum absolute atomic E-state index is 0.0894. The highest BCUT2D eigenvalue weighted by atomic mass is 16.6. The highest BCUT2D eigenvalue weighted by Gasteiger charge is 2.16. The van der Waals surface area contributed by atoms with Gasteiger partial charge in [-0.1, -0.05) is 42.5 Å². The number of carbonyl (C=O) groups is 2. The first-order valence-corrected chi connectivity index (χ1v) is 7.05. The van der Waals surface area contributed by atoms with E-state index >= 15 is 0 Å². The van der Waals surface area contributed by atoms with Crippen molar-refractivity contribution in [2.24, 2.45) is 0 Å². The molecule has 4 heteroatoms. The first kappa shape index (κ1) is 15.8. The number of ether oxygens (including phenoxy) is 1. The van der Waals surface area contributed by atoms with Crippen molar-refractivity contribution in [1.82, 2.24) is 0 Å². The van der Waals surface area contributed by atoms with Crippen LogP contribution in [0.5, 0.6) is 0 Å². The van der Waals surface area contributed by atoms with E-state index in [1.165, 1.54) is 0 Å². The predicted octanol–water partition coefficient (Wildman–Crippen LogP) is 4.26. The summed E-state index contributed by atoms with van der Waals surface area (Å²) in [6, 6.07) is 15.8. The van der Waals surface area contributed by atoms with Crippen molar-refractivity contribution in [3.63, 3.8) is 0 Å². The second kappa shape index (κ2) is 6.43. The molecule has 0 spiro atoms. The Kier molecular flexibility index (Phi) is 4.61. The average molecular weight is 297 g/mol. The van der Waals surface area contributed by atoms with Gasteiger partial charge < -0.3 is 4.74 Å². The topological polar surface area (TPSA) is 55.4 Å². The molecule has 0 saturated heterocycles. The summed E-state index contributed by atoms with van der Waals surface area (Å²) in [4.78, 5) is 24.1. The first-order valence-electron chi connectivity index (χ1n) is 7.05. The van der Waals surface area contributed by atoms with E-state index in [1.54, 1.807) is 57.2 Å². The molecule has 22 heavy (non-hydrogen) atoms. The summed E-state index contributed by atoms with van der Waals surface area (Å²) < 4.78 is 5.19. The van der Waals surface area contributed by atoms with E-state index in [1.807, 2.05) is 18.2 Å². The largest absolute Gasteiger partial charge is 0.444 e. The highest BCUT2D eigenvalue weighted by Crippen LogP contribution is 2.16. The maximum atomic E-state index is 12.4. The third kappa shape index (κ3) is 4.45. The van der Waals surface area contributed by atoms with Crippen molar-refractivity contribution < 1.29 is 14.3 Å². The molecule has 2 rings (SSSR count). The number of anilines is 1. The molecular weight excluding hydrogens is 278 g/mol. The Balaban J connectivity index is 2.14. The predicted molar refractivity (Wildman–Crippen MR) is 86.2 cm³/mol. The molecule has 0 unspecified atom stereocenters. The molecule has 0 atom stereocenters. The molecule has 0 bridgehead atoms. The van der Waals surface area contributed by atoms with Crippen molar-refractivity contribution in [3.05, 3.63) is 65.7 Å². The minimum Gasteiger partial charge on any atom is -0.444 e. The smallest absolute Gasteiger partial charge is 0.412 e. The van der Waals surface area contributed by atoms with Gasteiger partial charge in [-0.25, -0.2) is 4.79 Å². The molecule has 0 aromatic heterocycles. The van der Waals surface area contributed by atoms with E-state index in [4.69, 9.17) is 4.74 Å². The quantitative estimate of drug-likeness (QED) is 0.861. The van der Waals surface area contributed by atoms with Crippen molar-refractivity contribution in [2.45, 2.75) is 26.4 Å². The van der Waals surface area contributed by atoms with Gasteiger partial charge in [0.2, 0.25) is 0 Å². The third-order valence-electron chi connectivity index (χ3n) is 2.81. The van der Waals surface area contributed by atoms with Crippen LogP contribution in [0.25, 0.3) is 0 Å². The van der Waals surface area contributed by atoms with E-state index in [2.05, 4.69) is 5.32 Å². The summed E-state index contributed by atoms with van der Waals surface area (Å²) in [6.07, 6.45) is -0.545. The minimum atomic E-state index is -0.568. The number of carbonyl (C=O) groups excluding carboxylic acids is 2. The second-order valence-corrected chi connectivity index (χ2v) is 5.90. The van der Waals surface area contributed by atoms with Crippen LogP contribution < -0.4 is 5.32 Å². The van der Waals surface area contributed by atoms with Crippen LogP contribution in [0.2, 0.25) is 0 Å². The summed E-state index contributed by atoms with van der Waals surface area (Å²) in [7, 11) is 0. The van der Waals surface area contributed by atoms with Gasteiger partial charge in [0.25, 0.3) is 0 Å². The standard InChI is InChI=1S/C18H19NO3/c1-18(2,3)22-17(21)19-15-11-7-10-14(12-15)16(20)13-8-5-4-6-9-13/h4-12H,1-3H3,(H,19,21). The molecule has 0 aliphatic carbocycles. The Morgan fingerprint density at radius 3 is 2.18 bits per heavy atom. The van der Waals surface area contributed by atoms with Crippen molar-refractivity contribution in [3.8, 4) is 0 Å². The maximum absolute atomic E-state index is 12.4. The molecule has 0 aliphatic heterocycles. The van der Waals surface area contributed by atoms with Gasteiger partial charge in [-0.3, -0.25) is 10.1 Å². The first-order chi connectivity index (χ1) is 10.3. The summed E-state index contributed by atoms with van der Waals surface area (Å²) >= 11 is 0. The van der Waals surface area contributed by atoms with Gasteiger partial charge in [-0.05, 0) is 32.9 Å². The third-order valence-corrected chi connectivity index (χ3v) is 2.81. The Morgan fingerprint density at radius 1 is 0.909 bits per heavy atom. The molecule has 0 saturated carbocycles. The maximum Gasteiger partial charge on any atom is 0.412 e. The Hall–Kier alpha value is -2.62. The molecule has 1 N–H and O–H groups in total. The van der Waals surface area contributed by atoms with E-state index in [0.717, 1.165) is 0 Å². The van der Waals surface area contributed by atoms with Gasteiger partial charge in [0.05, 0.1) is 0 Å². The fraction of sp³-hybridized carbons (Fsp3) is 0.222. The van der Waals surface area contributed by atoms with Gasteiger partial charge >= 0.3 is 6.09 Å². The highest BCUT2D eigenvalue weighted by molar-refractivity contribution is 6.09. The zero-order chi connectivity index (χ0) is 16.2. The van der Waals surface area contributed by atoms with Crippen LogP contribution in [-0.2, 0) is 4.74 Å². The Labute approximate surface area is 130 Å². The average Bonchev–Trinajstić information content (AvgIpc) is 2.45. The van der Waals surface area contributed by atoms with E-state index < -0.39 is 11.7 Å². The van der Waals surface area contributed by atoms with Crippen LogP contribution in [0, 0.1) is 0 Å². The van der Waals surface area contributed by atoms with Gasteiger partial charge in [0, 0.05) is 16.8 Å². The van der Waals surface area contributed by atoms with Crippen LogP contribution in [-0.4, -0.2) is 17.5 Å². The molecule has 114 valence electrons. The number of rotatable bonds is 3. The van der Waals surface area contributed by atoms with Crippen molar-refractivity contribution in [2.75, 3.05) is 5.32 Å². The van der Waals surface area contributed by atoms with E-state index in [0.29, 0.717) is 16.8 Å². The fourth-order valence-electron chi connectivity index (χ4n) is 1.92. The molecule has 2 aromatic rings. The van der Waals surface area contributed by atoms with E-state index in [9.17, 15) is 9.59 Å². The molecule has 0 aliphatic rings. The summed E-state index contributed by atoms with van der Waals surface area (Å²) in [5, 5.41) is 2.63.